The van der Waals surface area contributed by atoms with Crippen LogP contribution in [-0.4, -0.2) is 43.8 Å². The molecule has 0 saturated heterocycles. The molecule has 3 nitrogen and oxygen atoms in total. The average Bonchev–Trinajstić information content (AvgIpc) is 2.30. The van der Waals surface area contributed by atoms with Gasteiger partial charge in [-0.15, -0.1) is 12.4 Å². The molecule has 0 aliphatic heterocycles. The molecule has 0 N–H and O–H groups in total. The van der Waals surface area contributed by atoms with Crippen molar-refractivity contribution in [2.75, 3.05) is 33.9 Å². The molecule has 0 saturated carbocycles. The van der Waals surface area contributed by atoms with Crippen LogP contribution in [0.25, 0.3) is 0 Å². The lowest BCUT2D eigenvalue weighted by molar-refractivity contribution is 0.257. The van der Waals surface area contributed by atoms with Gasteiger partial charge in [-0.05, 0) is 57.5 Å². The number of benzene rings is 1. The highest BCUT2D eigenvalue weighted by Crippen LogP contribution is 2.13. The summed E-state index contributed by atoms with van der Waals surface area (Å²) in [5.41, 5.74) is 0.919. The fraction of sp³-hybridized carbons (Fsp3) is 0.462. The van der Waals surface area contributed by atoms with Crippen molar-refractivity contribution in [2.24, 2.45) is 0 Å². The van der Waals surface area contributed by atoms with E-state index in [2.05, 4.69) is 4.90 Å². The Kier molecular flexibility index (Phi) is 8.71. The van der Waals surface area contributed by atoms with Crippen LogP contribution in [0, 0.1) is 0 Å². The normalized spacial score (nSPS) is 9.78. The SMILES string of the molecule is CCOc1ccc(C(=S)OCCN(C)C)cc1.Cl. The predicted molar refractivity (Wildman–Crippen MR) is 81.1 cm³/mol. The number of hydrogen-bond donors (Lipinski definition) is 0. The standard InChI is InChI=1S/C13H19NO2S.ClH/c1-4-15-12-7-5-11(6-8-12)13(17)16-10-9-14(2)3;/h5-8H,4,9-10H2,1-3H3;1H. The van der Waals surface area contributed by atoms with Gasteiger partial charge in [-0.1, -0.05) is 0 Å². The number of likely N-dealkylation sites (N-methyl/N-ethyl adjacent to an activating group) is 1. The Morgan fingerprint density at radius 2 is 1.83 bits per heavy atom. The first-order valence-electron chi connectivity index (χ1n) is 5.68. The van der Waals surface area contributed by atoms with E-state index in [1.807, 2.05) is 45.3 Å². The topological polar surface area (TPSA) is 21.7 Å². The quantitative estimate of drug-likeness (QED) is 0.751. The molecule has 0 bridgehead atoms. The van der Waals surface area contributed by atoms with Crippen molar-refractivity contribution >= 4 is 29.7 Å². The van der Waals surface area contributed by atoms with Crippen LogP contribution in [0.5, 0.6) is 5.75 Å². The van der Waals surface area contributed by atoms with Gasteiger partial charge in [0.1, 0.15) is 12.4 Å². The summed E-state index contributed by atoms with van der Waals surface area (Å²) in [6.07, 6.45) is 0. The highest BCUT2D eigenvalue weighted by atomic mass is 35.5. The van der Waals surface area contributed by atoms with Crippen LogP contribution >= 0.6 is 24.6 Å². The smallest absolute Gasteiger partial charge is 0.191 e. The summed E-state index contributed by atoms with van der Waals surface area (Å²) in [5.74, 6) is 0.854. The lowest BCUT2D eigenvalue weighted by Gasteiger charge is -2.12. The molecule has 0 fully saturated rings. The van der Waals surface area contributed by atoms with E-state index < -0.39 is 0 Å². The van der Waals surface area contributed by atoms with Gasteiger partial charge in [0.15, 0.2) is 5.05 Å². The zero-order valence-electron chi connectivity index (χ0n) is 11.0. The number of nitrogens with zero attached hydrogens (tertiary/aromatic N) is 1. The van der Waals surface area contributed by atoms with Crippen LogP contribution in [0.3, 0.4) is 0 Å². The molecular formula is C13H20ClNO2S. The van der Waals surface area contributed by atoms with Gasteiger partial charge in [0.25, 0.3) is 0 Å². The zero-order valence-corrected chi connectivity index (χ0v) is 12.6. The Morgan fingerprint density at radius 1 is 1.22 bits per heavy atom. The second-order valence-electron chi connectivity index (χ2n) is 3.90. The van der Waals surface area contributed by atoms with Crippen LogP contribution in [-0.2, 0) is 4.74 Å². The molecule has 1 aromatic carbocycles. The van der Waals surface area contributed by atoms with Crippen LogP contribution in [0.1, 0.15) is 12.5 Å². The third-order valence-electron chi connectivity index (χ3n) is 2.17. The highest BCUT2D eigenvalue weighted by Gasteiger charge is 2.03. The molecule has 18 heavy (non-hydrogen) atoms. The minimum absolute atomic E-state index is 0. The van der Waals surface area contributed by atoms with Crippen molar-refractivity contribution in [2.45, 2.75) is 6.92 Å². The monoisotopic (exact) mass is 289 g/mol. The Hall–Kier alpha value is -0.840. The van der Waals surface area contributed by atoms with Crippen molar-refractivity contribution in [1.82, 2.24) is 4.90 Å². The summed E-state index contributed by atoms with van der Waals surface area (Å²) >= 11 is 5.20. The first-order valence-corrected chi connectivity index (χ1v) is 6.09. The Morgan fingerprint density at radius 3 is 2.33 bits per heavy atom. The molecule has 0 spiro atoms. The highest BCUT2D eigenvalue weighted by molar-refractivity contribution is 7.80. The lowest BCUT2D eigenvalue weighted by atomic mass is 10.2. The predicted octanol–water partition coefficient (Wildman–Crippen LogP) is 2.76. The zero-order chi connectivity index (χ0) is 12.7. The minimum atomic E-state index is 0. The Bertz CT molecular complexity index is 355. The van der Waals surface area contributed by atoms with Gasteiger partial charge in [-0.25, -0.2) is 0 Å². The fourth-order valence-corrected chi connectivity index (χ4v) is 1.48. The molecule has 5 heteroatoms. The van der Waals surface area contributed by atoms with Crippen molar-refractivity contribution in [3.8, 4) is 5.75 Å². The van der Waals surface area contributed by atoms with Crippen molar-refractivity contribution < 1.29 is 9.47 Å². The Labute approximate surface area is 120 Å². The first kappa shape index (κ1) is 17.2. The van der Waals surface area contributed by atoms with Crippen LogP contribution in [0.4, 0.5) is 0 Å². The van der Waals surface area contributed by atoms with Gasteiger partial charge in [0, 0.05) is 12.1 Å². The lowest BCUT2D eigenvalue weighted by Crippen LogP contribution is -2.19. The Balaban J connectivity index is 0.00000289. The van der Waals surface area contributed by atoms with Gasteiger partial charge in [-0.3, -0.25) is 0 Å². The third kappa shape index (κ3) is 6.19. The van der Waals surface area contributed by atoms with E-state index in [1.165, 1.54) is 0 Å². The van der Waals surface area contributed by atoms with Gasteiger partial charge in [0.05, 0.1) is 6.61 Å². The van der Waals surface area contributed by atoms with E-state index in [0.29, 0.717) is 18.3 Å². The summed E-state index contributed by atoms with van der Waals surface area (Å²) in [5, 5.41) is 0.537. The first-order chi connectivity index (χ1) is 8.13. The average molecular weight is 290 g/mol. The maximum Gasteiger partial charge on any atom is 0.191 e. The van der Waals surface area contributed by atoms with Crippen LogP contribution in [0.2, 0.25) is 0 Å². The molecule has 1 aromatic rings. The van der Waals surface area contributed by atoms with Gasteiger partial charge in [-0.2, -0.15) is 0 Å². The number of ether oxygens (including phenoxy) is 2. The molecule has 0 aliphatic carbocycles. The summed E-state index contributed by atoms with van der Waals surface area (Å²) in [6, 6.07) is 7.65. The molecular weight excluding hydrogens is 270 g/mol. The fourth-order valence-electron chi connectivity index (χ4n) is 1.26. The molecule has 0 amide bonds. The molecule has 1 rings (SSSR count). The number of rotatable bonds is 6. The van der Waals surface area contributed by atoms with Gasteiger partial charge in [0.2, 0.25) is 0 Å². The molecule has 102 valence electrons. The number of halogens is 1. The van der Waals surface area contributed by atoms with Crippen LogP contribution in [0.15, 0.2) is 24.3 Å². The summed E-state index contributed by atoms with van der Waals surface area (Å²) in [7, 11) is 4.01. The molecule has 0 aromatic heterocycles. The third-order valence-corrected chi connectivity index (χ3v) is 2.53. The van der Waals surface area contributed by atoms with Gasteiger partial charge < -0.3 is 14.4 Å². The molecule has 0 radical (unpaired) electrons. The maximum atomic E-state index is 5.49. The maximum absolute atomic E-state index is 5.49. The summed E-state index contributed by atoms with van der Waals surface area (Å²) in [4.78, 5) is 2.06. The van der Waals surface area contributed by atoms with E-state index in [-0.39, 0.29) is 12.4 Å². The molecule has 0 heterocycles. The van der Waals surface area contributed by atoms with Gasteiger partial charge >= 0.3 is 0 Å². The molecule has 0 unspecified atom stereocenters. The van der Waals surface area contributed by atoms with E-state index in [1.54, 1.807) is 0 Å². The number of hydrogen-bond acceptors (Lipinski definition) is 4. The van der Waals surface area contributed by atoms with E-state index in [0.717, 1.165) is 17.9 Å². The largest absolute Gasteiger partial charge is 0.494 e. The van der Waals surface area contributed by atoms with Crippen molar-refractivity contribution in [3.63, 3.8) is 0 Å². The van der Waals surface area contributed by atoms with Crippen LogP contribution < -0.4 is 4.74 Å². The number of thiocarbonyl (C=S) groups is 1. The summed E-state index contributed by atoms with van der Waals surface area (Å²) in [6.45, 7) is 4.10. The van der Waals surface area contributed by atoms with Crippen molar-refractivity contribution in [3.05, 3.63) is 29.8 Å². The van der Waals surface area contributed by atoms with Crippen molar-refractivity contribution in [1.29, 1.82) is 0 Å². The van der Waals surface area contributed by atoms with E-state index >= 15 is 0 Å². The van der Waals surface area contributed by atoms with E-state index in [4.69, 9.17) is 21.7 Å². The second-order valence-corrected chi connectivity index (χ2v) is 4.27. The van der Waals surface area contributed by atoms with E-state index in [9.17, 15) is 0 Å². The minimum Gasteiger partial charge on any atom is -0.494 e. The molecule has 0 aliphatic rings. The molecule has 0 atom stereocenters. The summed E-state index contributed by atoms with van der Waals surface area (Å²) < 4.78 is 10.9. The second kappa shape index (κ2) is 9.14.